The molecule has 0 atom stereocenters. The number of hydrogen-bond donors (Lipinski definition) is 0. The molecule has 0 aliphatic carbocycles. The predicted molar refractivity (Wildman–Crippen MR) is 80.5 cm³/mol. The number of halogens is 1. The van der Waals surface area contributed by atoms with Crippen LogP contribution in [-0.4, -0.2) is 10.8 Å². The van der Waals surface area contributed by atoms with E-state index in [1.165, 1.54) is 11.3 Å². The first kappa shape index (κ1) is 14.2. The fourth-order valence-electron chi connectivity index (χ4n) is 1.87. The number of hydrogen-bond acceptors (Lipinski definition) is 3. The molecule has 0 fully saturated rings. The molecule has 0 saturated heterocycles. The third-order valence-corrected chi connectivity index (χ3v) is 4.26. The van der Waals surface area contributed by atoms with Gasteiger partial charge in [-0.15, -0.1) is 11.3 Å². The molecule has 0 N–H and O–H groups in total. The van der Waals surface area contributed by atoms with Gasteiger partial charge in [0.15, 0.2) is 5.78 Å². The van der Waals surface area contributed by atoms with Crippen molar-refractivity contribution in [2.24, 2.45) is 0 Å². The minimum absolute atomic E-state index is 0.101. The smallest absolute Gasteiger partial charge is 0.171 e. The summed E-state index contributed by atoms with van der Waals surface area (Å²) in [6, 6.07) is 7.73. The van der Waals surface area contributed by atoms with Crippen molar-refractivity contribution in [1.82, 2.24) is 4.98 Å². The Hall–Kier alpha value is -1.19. The zero-order valence-electron chi connectivity index (χ0n) is 11.2. The fraction of sp³-hybridized carbons (Fsp3) is 0.333. The molecule has 0 amide bonds. The number of Topliss-reactive ketones (excluding diaryl/α,β-unsaturated/α-hetero) is 1. The molecule has 0 aliphatic rings. The molecule has 0 radical (unpaired) electrons. The summed E-state index contributed by atoms with van der Waals surface area (Å²) in [5.41, 5.74) is 2.07. The third kappa shape index (κ3) is 3.43. The SMILES string of the molecule is CC(=O)c1sc(Cc2ccc(Cl)cc2)nc1C(C)C. The average molecular weight is 294 g/mol. The summed E-state index contributed by atoms with van der Waals surface area (Å²) >= 11 is 7.37. The van der Waals surface area contributed by atoms with Gasteiger partial charge in [0.1, 0.15) is 0 Å². The normalized spacial score (nSPS) is 11.0. The van der Waals surface area contributed by atoms with Crippen LogP contribution in [0.5, 0.6) is 0 Å². The monoisotopic (exact) mass is 293 g/mol. The van der Waals surface area contributed by atoms with Crippen molar-refractivity contribution in [2.75, 3.05) is 0 Å². The van der Waals surface area contributed by atoms with Gasteiger partial charge in [-0.1, -0.05) is 37.6 Å². The summed E-state index contributed by atoms with van der Waals surface area (Å²) in [5, 5.41) is 1.71. The zero-order chi connectivity index (χ0) is 14.0. The van der Waals surface area contributed by atoms with E-state index in [0.29, 0.717) is 0 Å². The number of nitrogens with zero attached hydrogens (tertiary/aromatic N) is 1. The molecule has 2 aromatic rings. The van der Waals surface area contributed by atoms with Crippen LogP contribution in [0.1, 0.15) is 52.6 Å². The predicted octanol–water partition coefficient (Wildman–Crippen LogP) is 4.71. The Balaban J connectivity index is 2.28. The molecule has 2 nitrogen and oxygen atoms in total. The van der Waals surface area contributed by atoms with Crippen molar-refractivity contribution in [2.45, 2.75) is 33.1 Å². The number of carbonyl (C=O) groups is 1. The molecular formula is C15H16ClNOS. The highest BCUT2D eigenvalue weighted by Crippen LogP contribution is 2.27. The van der Waals surface area contributed by atoms with Crippen LogP contribution in [0.25, 0.3) is 0 Å². The van der Waals surface area contributed by atoms with Crippen molar-refractivity contribution in [3.05, 3.63) is 50.4 Å². The molecule has 0 unspecified atom stereocenters. The Morgan fingerprint density at radius 3 is 2.42 bits per heavy atom. The minimum atomic E-state index is 0.101. The van der Waals surface area contributed by atoms with Crippen LogP contribution in [0.4, 0.5) is 0 Å². The van der Waals surface area contributed by atoms with Crippen LogP contribution in [0.2, 0.25) is 5.02 Å². The molecule has 1 aromatic carbocycles. The van der Waals surface area contributed by atoms with E-state index in [9.17, 15) is 4.79 Å². The standard InChI is InChI=1S/C15H16ClNOS/c1-9(2)14-15(10(3)18)19-13(17-14)8-11-4-6-12(16)7-5-11/h4-7,9H,8H2,1-3H3. The number of aromatic nitrogens is 1. The number of benzene rings is 1. The summed E-state index contributed by atoms with van der Waals surface area (Å²) < 4.78 is 0. The lowest BCUT2D eigenvalue weighted by Crippen LogP contribution is -1.97. The topological polar surface area (TPSA) is 30.0 Å². The molecule has 1 aromatic heterocycles. The second-order valence-electron chi connectivity index (χ2n) is 4.84. The van der Waals surface area contributed by atoms with Crippen LogP contribution in [0.15, 0.2) is 24.3 Å². The lowest BCUT2D eigenvalue weighted by Gasteiger charge is -2.01. The summed E-state index contributed by atoms with van der Waals surface area (Å²) in [4.78, 5) is 17.0. The van der Waals surface area contributed by atoms with Gasteiger partial charge in [0.05, 0.1) is 15.6 Å². The van der Waals surface area contributed by atoms with Gasteiger partial charge in [-0.3, -0.25) is 4.79 Å². The Morgan fingerprint density at radius 2 is 1.95 bits per heavy atom. The van der Waals surface area contributed by atoms with Crippen LogP contribution in [-0.2, 0) is 6.42 Å². The molecule has 4 heteroatoms. The van der Waals surface area contributed by atoms with Crippen molar-refractivity contribution >= 4 is 28.7 Å². The minimum Gasteiger partial charge on any atom is -0.294 e. The molecule has 0 saturated carbocycles. The maximum absolute atomic E-state index is 11.6. The first-order valence-electron chi connectivity index (χ1n) is 6.22. The van der Waals surface area contributed by atoms with Gasteiger partial charge in [0.2, 0.25) is 0 Å². The Kier molecular flexibility index (Phi) is 4.38. The van der Waals surface area contributed by atoms with E-state index in [4.69, 9.17) is 11.6 Å². The van der Waals surface area contributed by atoms with Gasteiger partial charge in [0, 0.05) is 18.4 Å². The Labute approximate surface area is 122 Å². The molecule has 19 heavy (non-hydrogen) atoms. The van der Waals surface area contributed by atoms with Gasteiger partial charge < -0.3 is 0 Å². The number of rotatable bonds is 4. The molecule has 1 heterocycles. The van der Waals surface area contributed by atoms with Gasteiger partial charge in [-0.05, 0) is 23.6 Å². The zero-order valence-corrected chi connectivity index (χ0v) is 12.8. The largest absolute Gasteiger partial charge is 0.294 e. The second-order valence-corrected chi connectivity index (χ2v) is 6.36. The van der Waals surface area contributed by atoms with E-state index < -0.39 is 0 Å². The maximum atomic E-state index is 11.6. The van der Waals surface area contributed by atoms with Gasteiger partial charge in [-0.25, -0.2) is 4.98 Å². The Bertz CT molecular complexity index is 587. The van der Waals surface area contributed by atoms with Crippen molar-refractivity contribution in [1.29, 1.82) is 0 Å². The van der Waals surface area contributed by atoms with Crippen LogP contribution in [0, 0.1) is 0 Å². The second kappa shape index (κ2) is 5.85. The number of carbonyl (C=O) groups excluding carboxylic acids is 1. The molecule has 100 valence electrons. The van der Waals surface area contributed by atoms with E-state index in [1.807, 2.05) is 24.3 Å². The summed E-state index contributed by atoms with van der Waals surface area (Å²) in [6.07, 6.45) is 0.745. The summed E-state index contributed by atoms with van der Waals surface area (Å²) in [6.45, 7) is 5.73. The van der Waals surface area contributed by atoms with E-state index in [1.54, 1.807) is 6.92 Å². The summed E-state index contributed by atoms with van der Waals surface area (Å²) in [7, 11) is 0. The van der Waals surface area contributed by atoms with Crippen LogP contribution >= 0.6 is 22.9 Å². The first-order valence-corrected chi connectivity index (χ1v) is 7.41. The average Bonchev–Trinajstić information content (AvgIpc) is 2.76. The fourth-order valence-corrected chi connectivity index (χ4v) is 3.15. The first-order chi connectivity index (χ1) is 8.97. The van der Waals surface area contributed by atoms with Gasteiger partial charge in [0.25, 0.3) is 0 Å². The number of thiazole rings is 1. The lowest BCUT2D eigenvalue weighted by atomic mass is 10.1. The quantitative estimate of drug-likeness (QED) is 0.764. The molecule has 2 rings (SSSR count). The highest BCUT2D eigenvalue weighted by Gasteiger charge is 2.17. The third-order valence-electron chi connectivity index (χ3n) is 2.83. The van der Waals surface area contributed by atoms with Crippen LogP contribution in [0.3, 0.4) is 0 Å². The highest BCUT2D eigenvalue weighted by molar-refractivity contribution is 7.13. The van der Waals surface area contributed by atoms with E-state index in [0.717, 1.165) is 32.6 Å². The summed E-state index contributed by atoms with van der Waals surface area (Å²) in [5.74, 6) is 0.373. The van der Waals surface area contributed by atoms with Crippen molar-refractivity contribution in [3.63, 3.8) is 0 Å². The molecular weight excluding hydrogens is 278 g/mol. The molecule has 0 spiro atoms. The number of ketones is 1. The highest BCUT2D eigenvalue weighted by atomic mass is 35.5. The van der Waals surface area contributed by atoms with E-state index in [-0.39, 0.29) is 11.7 Å². The van der Waals surface area contributed by atoms with Gasteiger partial charge in [-0.2, -0.15) is 0 Å². The van der Waals surface area contributed by atoms with Gasteiger partial charge >= 0.3 is 0 Å². The molecule has 0 bridgehead atoms. The van der Waals surface area contributed by atoms with Crippen molar-refractivity contribution < 1.29 is 4.79 Å². The lowest BCUT2D eigenvalue weighted by molar-refractivity contribution is 0.102. The van der Waals surface area contributed by atoms with Crippen LogP contribution < -0.4 is 0 Å². The van der Waals surface area contributed by atoms with E-state index >= 15 is 0 Å². The Morgan fingerprint density at radius 1 is 1.32 bits per heavy atom. The maximum Gasteiger partial charge on any atom is 0.171 e. The molecule has 0 aliphatic heterocycles. The van der Waals surface area contributed by atoms with E-state index in [2.05, 4.69) is 18.8 Å². The van der Waals surface area contributed by atoms with Crippen molar-refractivity contribution in [3.8, 4) is 0 Å².